The minimum absolute atomic E-state index is 0.104. The highest BCUT2D eigenvalue weighted by Crippen LogP contribution is 2.32. The van der Waals surface area contributed by atoms with E-state index in [9.17, 15) is 14.4 Å². The van der Waals surface area contributed by atoms with Crippen molar-refractivity contribution in [1.29, 1.82) is 0 Å². The Balaban J connectivity index is 1.22. The van der Waals surface area contributed by atoms with Gasteiger partial charge in [0.25, 0.3) is 5.91 Å². The van der Waals surface area contributed by atoms with Crippen molar-refractivity contribution in [3.05, 3.63) is 89.5 Å². The molecule has 5 rings (SSSR count). The largest absolute Gasteiger partial charge is 0.490 e. The van der Waals surface area contributed by atoms with E-state index in [1.54, 1.807) is 30.1 Å². The minimum Gasteiger partial charge on any atom is -0.490 e. The molecule has 2 N–H and O–H groups in total. The third-order valence-corrected chi connectivity index (χ3v) is 7.22. The summed E-state index contributed by atoms with van der Waals surface area (Å²) >= 11 is 0. The van der Waals surface area contributed by atoms with Crippen LogP contribution in [0.15, 0.2) is 72.8 Å². The maximum Gasteiger partial charge on any atom is 0.257 e. The zero-order chi connectivity index (χ0) is 27.4. The van der Waals surface area contributed by atoms with E-state index in [-0.39, 0.29) is 55.4 Å². The molecule has 0 spiro atoms. The van der Waals surface area contributed by atoms with Crippen LogP contribution >= 0.6 is 0 Å². The van der Waals surface area contributed by atoms with Crippen LogP contribution in [-0.4, -0.2) is 54.5 Å². The second kappa shape index (κ2) is 11.7. The monoisotopic (exact) mass is 527 g/mol. The second-order valence-corrected chi connectivity index (χ2v) is 10.2. The SMILES string of the molecule is Cc1cccc(NC(=O)C[C@H]2CC[C@H]3[C@@H](COc4ccc(NC(=O)Cc5ccccc5)cc4C(=O)N3C)O2)c1. The van der Waals surface area contributed by atoms with Crippen LogP contribution in [0.3, 0.4) is 0 Å². The molecular formula is C31H33N3O5. The van der Waals surface area contributed by atoms with Crippen LogP contribution < -0.4 is 15.4 Å². The quantitative estimate of drug-likeness (QED) is 0.489. The maximum absolute atomic E-state index is 13.5. The fraction of sp³-hybridized carbons (Fsp3) is 0.323. The van der Waals surface area contributed by atoms with Crippen LogP contribution in [0.1, 0.15) is 40.7 Å². The second-order valence-electron chi connectivity index (χ2n) is 10.2. The molecule has 3 atom stereocenters. The van der Waals surface area contributed by atoms with Gasteiger partial charge in [-0.1, -0.05) is 42.5 Å². The third kappa shape index (κ3) is 6.46. The number of nitrogens with zero attached hydrogens (tertiary/aromatic N) is 1. The highest BCUT2D eigenvalue weighted by molar-refractivity contribution is 6.00. The summed E-state index contributed by atoms with van der Waals surface area (Å²) in [6.07, 6.45) is 1.21. The van der Waals surface area contributed by atoms with Crippen molar-refractivity contribution in [1.82, 2.24) is 4.90 Å². The van der Waals surface area contributed by atoms with Crippen molar-refractivity contribution in [3.63, 3.8) is 0 Å². The molecule has 202 valence electrons. The number of amides is 3. The van der Waals surface area contributed by atoms with E-state index < -0.39 is 0 Å². The molecule has 39 heavy (non-hydrogen) atoms. The number of benzene rings is 3. The van der Waals surface area contributed by atoms with Crippen LogP contribution in [0.4, 0.5) is 11.4 Å². The molecule has 0 aliphatic carbocycles. The number of fused-ring (bicyclic) bond motifs is 2. The molecule has 2 aliphatic heterocycles. The van der Waals surface area contributed by atoms with Crippen LogP contribution in [0.25, 0.3) is 0 Å². The fourth-order valence-electron chi connectivity index (χ4n) is 5.23. The molecular weight excluding hydrogens is 494 g/mol. The average molecular weight is 528 g/mol. The van der Waals surface area contributed by atoms with E-state index in [1.807, 2.05) is 61.5 Å². The van der Waals surface area contributed by atoms with E-state index in [2.05, 4.69) is 10.6 Å². The summed E-state index contributed by atoms with van der Waals surface area (Å²) in [5.41, 5.74) is 3.69. The summed E-state index contributed by atoms with van der Waals surface area (Å²) in [4.78, 5) is 40.4. The smallest absolute Gasteiger partial charge is 0.257 e. The van der Waals surface area contributed by atoms with Gasteiger partial charge < -0.3 is 25.0 Å². The van der Waals surface area contributed by atoms with E-state index in [0.717, 1.165) is 16.8 Å². The maximum atomic E-state index is 13.5. The number of nitrogens with one attached hydrogen (secondary N) is 2. The molecule has 2 heterocycles. The molecule has 0 radical (unpaired) electrons. The van der Waals surface area contributed by atoms with Gasteiger partial charge in [0.1, 0.15) is 18.5 Å². The Kier molecular flexibility index (Phi) is 7.93. The molecule has 0 aromatic heterocycles. The first-order valence-corrected chi connectivity index (χ1v) is 13.3. The molecule has 1 saturated heterocycles. The Morgan fingerprint density at radius 1 is 0.923 bits per heavy atom. The molecule has 0 unspecified atom stereocenters. The lowest BCUT2D eigenvalue weighted by Crippen LogP contribution is -2.53. The number of hydrogen-bond acceptors (Lipinski definition) is 5. The zero-order valence-corrected chi connectivity index (χ0v) is 22.2. The standard InChI is InChI=1S/C31H33N3O5/c1-20-7-6-10-22(15-20)32-30(36)18-24-12-13-26-28(39-24)19-38-27-14-11-23(17-25(27)31(37)34(26)2)33-29(35)16-21-8-4-3-5-9-21/h3-11,14-15,17,24,26,28H,12-13,16,18-19H2,1-2H3,(H,32,36)(H,33,35)/t24-,26+,28-/m1/s1. The van der Waals surface area contributed by atoms with Crippen molar-refractivity contribution in [2.24, 2.45) is 0 Å². The highest BCUT2D eigenvalue weighted by Gasteiger charge is 2.39. The predicted octanol–water partition coefficient (Wildman–Crippen LogP) is 4.59. The third-order valence-electron chi connectivity index (χ3n) is 7.22. The number of carbonyl (C=O) groups is 3. The summed E-state index contributed by atoms with van der Waals surface area (Å²) in [5, 5.41) is 5.83. The van der Waals surface area contributed by atoms with Crippen LogP contribution in [-0.2, 0) is 20.7 Å². The van der Waals surface area contributed by atoms with Gasteiger partial charge in [-0.05, 0) is 61.2 Å². The first-order valence-electron chi connectivity index (χ1n) is 13.3. The van der Waals surface area contributed by atoms with E-state index in [1.165, 1.54) is 0 Å². The predicted molar refractivity (Wildman–Crippen MR) is 149 cm³/mol. The zero-order valence-electron chi connectivity index (χ0n) is 22.2. The first-order chi connectivity index (χ1) is 18.9. The fourth-order valence-corrected chi connectivity index (χ4v) is 5.23. The number of hydrogen-bond donors (Lipinski definition) is 2. The van der Waals surface area contributed by atoms with Gasteiger partial charge in [-0.15, -0.1) is 0 Å². The lowest BCUT2D eigenvalue weighted by Gasteiger charge is -2.42. The molecule has 2 aliphatic rings. The normalized spacial score (nSPS) is 20.5. The van der Waals surface area contributed by atoms with Gasteiger partial charge in [0.05, 0.1) is 30.6 Å². The van der Waals surface area contributed by atoms with Gasteiger partial charge in [-0.25, -0.2) is 0 Å². The Hall–Kier alpha value is -4.17. The minimum atomic E-state index is -0.358. The number of aryl methyl sites for hydroxylation is 1. The van der Waals surface area contributed by atoms with Crippen molar-refractivity contribution < 1.29 is 23.9 Å². The van der Waals surface area contributed by atoms with Crippen LogP contribution in [0, 0.1) is 6.92 Å². The van der Waals surface area contributed by atoms with Gasteiger partial charge in [0.15, 0.2) is 0 Å². The molecule has 0 saturated carbocycles. The number of carbonyl (C=O) groups excluding carboxylic acids is 3. The van der Waals surface area contributed by atoms with Gasteiger partial charge in [0, 0.05) is 18.4 Å². The van der Waals surface area contributed by atoms with Gasteiger partial charge in [-0.2, -0.15) is 0 Å². The van der Waals surface area contributed by atoms with E-state index in [4.69, 9.17) is 9.47 Å². The number of ether oxygens (including phenoxy) is 2. The highest BCUT2D eigenvalue weighted by atomic mass is 16.5. The molecule has 1 fully saturated rings. The summed E-state index contributed by atoms with van der Waals surface area (Å²) in [6, 6.07) is 22.1. The molecule has 3 amide bonds. The lowest BCUT2D eigenvalue weighted by atomic mass is 9.94. The lowest BCUT2D eigenvalue weighted by molar-refractivity contribution is -0.130. The van der Waals surface area contributed by atoms with Gasteiger partial charge >= 0.3 is 0 Å². The summed E-state index contributed by atoms with van der Waals surface area (Å²) < 4.78 is 12.3. The van der Waals surface area contributed by atoms with E-state index in [0.29, 0.717) is 29.8 Å². The van der Waals surface area contributed by atoms with Crippen LogP contribution in [0.2, 0.25) is 0 Å². The van der Waals surface area contributed by atoms with Crippen LogP contribution in [0.5, 0.6) is 5.75 Å². The average Bonchev–Trinajstić information content (AvgIpc) is 2.91. The Morgan fingerprint density at radius 2 is 1.69 bits per heavy atom. The Labute approximate surface area is 228 Å². The molecule has 0 bridgehead atoms. The van der Waals surface area contributed by atoms with Crippen molar-refractivity contribution in [2.45, 2.75) is 50.9 Å². The topological polar surface area (TPSA) is 97.0 Å². The molecule has 8 heteroatoms. The molecule has 3 aromatic rings. The first kappa shape index (κ1) is 26.4. The number of rotatable bonds is 6. The summed E-state index contributed by atoms with van der Waals surface area (Å²) in [6.45, 7) is 2.23. The Morgan fingerprint density at radius 3 is 2.49 bits per heavy atom. The molecule has 3 aromatic carbocycles. The summed E-state index contributed by atoms with van der Waals surface area (Å²) in [7, 11) is 1.77. The number of likely N-dealkylation sites (N-methyl/N-ethyl adjacent to an activating group) is 1. The molecule has 8 nitrogen and oxygen atoms in total. The summed E-state index contributed by atoms with van der Waals surface area (Å²) in [5.74, 6) is -0.0215. The van der Waals surface area contributed by atoms with E-state index >= 15 is 0 Å². The van der Waals surface area contributed by atoms with Gasteiger partial charge in [-0.3, -0.25) is 14.4 Å². The van der Waals surface area contributed by atoms with Crippen molar-refractivity contribution in [2.75, 3.05) is 24.3 Å². The van der Waals surface area contributed by atoms with Crippen molar-refractivity contribution in [3.8, 4) is 5.75 Å². The van der Waals surface area contributed by atoms with Gasteiger partial charge in [0.2, 0.25) is 11.8 Å². The van der Waals surface area contributed by atoms with Crippen molar-refractivity contribution >= 4 is 29.1 Å². The number of anilines is 2. The Bertz CT molecular complexity index is 1360.